The van der Waals surface area contributed by atoms with Gasteiger partial charge in [0.2, 0.25) is 0 Å². The number of hydrogen-bond donors (Lipinski definition) is 1. The van der Waals surface area contributed by atoms with E-state index in [0.29, 0.717) is 5.16 Å². The molecule has 108 valence electrons. The average Bonchev–Trinajstić information content (AvgIpc) is 3.05. The van der Waals surface area contributed by atoms with Crippen molar-refractivity contribution in [3.8, 4) is 0 Å². The standard InChI is InChI=1S/C13H17N3O2S2/c1-3-4-11-14-15-13(20-8-12(17)18)16(11)9(2)10-5-6-19-7-10/h5-7,9H,3-4,8H2,1-2H3,(H,17,18). The monoisotopic (exact) mass is 311 g/mol. The van der Waals surface area contributed by atoms with Crippen molar-refractivity contribution in [2.45, 2.75) is 37.9 Å². The van der Waals surface area contributed by atoms with Gasteiger partial charge >= 0.3 is 5.97 Å². The summed E-state index contributed by atoms with van der Waals surface area (Å²) < 4.78 is 2.05. The van der Waals surface area contributed by atoms with E-state index in [1.165, 1.54) is 17.3 Å². The molecule has 1 unspecified atom stereocenters. The van der Waals surface area contributed by atoms with Crippen LogP contribution in [0.2, 0.25) is 0 Å². The van der Waals surface area contributed by atoms with Crippen molar-refractivity contribution < 1.29 is 9.90 Å². The van der Waals surface area contributed by atoms with Crippen LogP contribution in [0.1, 0.15) is 37.7 Å². The van der Waals surface area contributed by atoms with Crippen molar-refractivity contribution in [3.05, 3.63) is 28.2 Å². The minimum absolute atomic E-state index is 0.000610. The molecule has 0 fully saturated rings. The summed E-state index contributed by atoms with van der Waals surface area (Å²) in [6, 6.07) is 2.20. The highest BCUT2D eigenvalue weighted by molar-refractivity contribution is 7.99. The zero-order chi connectivity index (χ0) is 14.5. The summed E-state index contributed by atoms with van der Waals surface area (Å²) in [5, 5.41) is 22.0. The molecular weight excluding hydrogens is 294 g/mol. The second-order valence-electron chi connectivity index (χ2n) is 4.43. The summed E-state index contributed by atoms with van der Waals surface area (Å²) in [6.07, 6.45) is 1.83. The van der Waals surface area contributed by atoms with Crippen LogP contribution < -0.4 is 0 Å². The summed E-state index contributed by atoms with van der Waals surface area (Å²) >= 11 is 2.87. The molecule has 20 heavy (non-hydrogen) atoms. The predicted molar refractivity (Wildman–Crippen MR) is 80.5 cm³/mol. The molecule has 0 saturated carbocycles. The van der Waals surface area contributed by atoms with Crippen LogP contribution in [0.3, 0.4) is 0 Å². The molecule has 1 N–H and O–H groups in total. The molecule has 1 atom stereocenters. The Bertz CT molecular complexity index is 566. The fourth-order valence-electron chi connectivity index (χ4n) is 1.98. The van der Waals surface area contributed by atoms with Gasteiger partial charge in [-0.3, -0.25) is 9.36 Å². The van der Waals surface area contributed by atoms with Gasteiger partial charge in [0, 0.05) is 6.42 Å². The smallest absolute Gasteiger partial charge is 0.313 e. The molecule has 0 saturated heterocycles. The van der Waals surface area contributed by atoms with Crippen molar-refractivity contribution in [2.24, 2.45) is 0 Å². The van der Waals surface area contributed by atoms with Gasteiger partial charge in [-0.2, -0.15) is 11.3 Å². The van der Waals surface area contributed by atoms with E-state index in [4.69, 9.17) is 5.11 Å². The van der Waals surface area contributed by atoms with E-state index in [9.17, 15) is 4.79 Å². The second-order valence-corrected chi connectivity index (χ2v) is 6.16. The van der Waals surface area contributed by atoms with Crippen molar-refractivity contribution in [1.82, 2.24) is 14.8 Å². The van der Waals surface area contributed by atoms with Crippen molar-refractivity contribution in [3.63, 3.8) is 0 Å². The first kappa shape index (κ1) is 15.1. The Balaban J connectivity index is 2.31. The summed E-state index contributed by atoms with van der Waals surface area (Å²) in [4.78, 5) is 10.7. The Morgan fingerprint density at radius 2 is 2.35 bits per heavy atom. The summed E-state index contributed by atoms with van der Waals surface area (Å²) in [7, 11) is 0. The molecule has 0 aromatic carbocycles. The van der Waals surface area contributed by atoms with Crippen LogP contribution in [0, 0.1) is 0 Å². The summed E-state index contributed by atoms with van der Waals surface area (Å²) in [5.74, 6) is 0.0736. The van der Waals surface area contributed by atoms with E-state index in [2.05, 4.69) is 40.1 Å². The fourth-order valence-corrected chi connectivity index (χ4v) is 3.48. The number of thioether (sulfide) groups is 1. The Morgan fingerprint density at radius 1 is 1.55 bits per heavy atom. The number of aryl methyl sites for hydroxylation is 1. The largest absolute Gasteiger partial charge is 0.481 e. The van der Waals surface area contributed by atoms with Crippen LogP contribution in [0.5, 0.6) is 0 Å². The highest BCUT2D eigenvalue weighted by atomic mass is 32.2. The third-order valence-corrected chi connectivity index (χ3v) is 4.58. The van der Waals surface area contributed by atoms with Crippen molar-refractivity contribution in [2.75, 3.05) is 5.75 Å². The van der Waals surface area contributed by atoms with Crippen LogP contribution in [-0.2, 0) is 11.2 Å². The van der Waals surface area contributed by atoms with Gasteiger partial charge in [0.1, 0.15) is 5.82 Å². The van der Waals surface area contributed by atoms with Crippen LogP contribution in [0.4, 0.5) is 0 Å². The van der Waals surface area contributed by atoms with Gasteiger partial charge in [-0.15, -0.1) is 10.2 Å². The van der Waals surface area contributed by atoms with Gasteiger partial charge < -0.3 is 5.11 Å². The van der Waals surface area contributed by atoms with E-state index in [1.807, 2.05) is 5.38 Å². The quantitative estimate of drug-likeness (QED) is 0.796. The zero-order valence-electron chi connectivity index (χ0n) is 11.4. The number of nitrogens with zero attached hydrogens (tertiary/aromatic N) is 3. The van der Waals surface area contributed by atoms with Gasteiger partial charge in [-0.25, -0.2) is 0 Å². The maximum atomic E-state index is 10.7. The lowest BCUT2D eigenvalue weighted by molar-refractivity contribution is -0.133. The molecule has 0 radical (unpaired) electrons. The van der Waals surface area contributed by atoms with Gasteiger partial charge in [-0.1, -0.05) is 18.7 Å². The SMILES string of the molecule is CCCc1nnc(SCC(=O)O)n1C(C)c1ccsc1. The van der Waals surface area contributed by atoms with Gasteiger partial charge in [-0.05, 0) is 35.7 Å². The molecule has 0 spiro atoms. The molecular formula is C13H17N3O2S2. The average molecular weight is 311 g/mol. The highest BCUT2D eigenvalue weighted by Gasteiger charge is 2.19. The zero-order valence-corrected chi connectivity index (χ0v) is 13.1. The van der Waals surface area contributed by atoms with E-state index in [0.717, 1.165) is 18.7 Å². The van der Waals surface area contributed by atoms with Gasteiger partial charge in [0.05, 0.1) is 11.8 Å². The maximum absolute atomic E-state index is 10.7. The van der Waals surface area contributed by atoms with Crippen LogP contribution >= 0.6 is 23.1 Å². The predicted octanol–water partition coefficient (Wildman–Crippen LogP) is 3.08. The molecule has 0 aliphatic rings. The molecule has 0 aliphatic heterocycles. The molecule has 0 amide bonds. The van der Waals surface area contributed by atoms with Gasteiger partial charge in [0.15, 0.2) is 5.16 Å². The maximum Gasteiger partial charge on any atom is 0.313 e. The molecule has 5 nitrogen and oxygen atoms in total. The molecule has 0 aliphatic carbocycles. The van der Waals surface area contributed by atoms with E-state index < -0.39 is 5.97 Å². The van der Waals surface area contributed by atoms with Crippen molar-refractivity contribution in [1.29, 1.82) is 0 Å². The molecule has 2 aromatic rings. The normalized spacial score (nSPS) is 12.5. The van der Waals surface area contributed by atoms with E-state index in [-0.39, 0.29) is 11.8 Å². The van der Waals surface area contributed by atoms with E-state index >= 15 is 0 Å². The first-order valence-electron chi connectivity index (χ1n) is 6.44. The van der Waals surface area contributed by atoms with E-state index in [1.54, 1.807) is 11.3 Å². The van der Waals surface area contributed by atoms with Crippen molar-refractivity contribution >= 4 is 29.1 Å². The minimum Gasteiger partial charge on any atom is -0.481 e. The third-order valence-electron chi connectivity index (χ3n) is 2.95. The number of aromatic nitrogens is 3. The molecule has 7 heteroatoms. The summed E-state index contributed by atoms with van der Waals surface area (Å²) in [6.45, 7) is 4.19. The number of rotatable bonds is 7. The number of carboxylic acid groups (broad SMARTS) is 1. The Kier molecular flexibility index (Phi) is 5.19. The summed E-state index contributed by atoms with van der Waals surface area (Å²) in [5.41, 5.74) is 1.20. The Hall–Kier alpha value is -1.34. The number of hydrogen-bond acceptors (Lipinski definition) is 5. The molecule has 0 bridgehead atoms. The lowest BCUT2D eigenvalue weighted by Crippen LogP contribution is -2.12. The molecule has 2 heterocycles. The fraction of sp³-hybridized carbons (Fsp3) is 0.462. The Morgan fingerprint density at radius 3 is 2.95 bits per heavy atom. The lowest BCUT2D eigenvalue weighted by atomic mass is 10.2. The van der Waals surface area contributed by atoms with Crippen LogP contribution in [-0.4, -0.2) is 31.6 Å². The first-order valence-corrected chi connectivity index (χ1v) is 8.36. The molecule has 2 aromatic heterocycles. The first-order chi connectivity index (χ1) is 9.63. The second kappa shape index (κ2) is 6.90. The Labute approximate surface area is 126 Å². The van der Waals surface area contributed by atoms with Crippen LogP contribution in [0.15, 0.2) is 22.0 Å². The third kappa shape index (κ3) is 3.40. The number of aliphatic carboxylic acids is 1. The lowest BCUT2D eigenvalue weighted by Gasteiger charge is -2.16. The molecule has 2 rings (SSSR count). The number of carbonyl (C=O) groups is 1. The number of thiophene rings is 1. The highest BCUT2D eigenvalue weighted by Crippen LogP contribution is 2.27. The van der Waals surface area contributed by atoms with Gasteiger partial charge in [0.25, 0.3) is 0 Å². The topological polar surface area (TPSA) is 68.0 Å². The van der Waals surface area contributed by atoms with Crippen LogP contribution in [0.25, 0.3) is 0 Å². The number of carboxylic acids is 1. The minimum atomic E-state index is -0.843.